The van der Waals surface area contributed by atoms with E-state index in [0.29, 0.717) is 24.8 Å². The lowest BCUT2D eigenvalue weighted by Crippen LogP contribution is -2.38. The molecule has 9 heteroatoms. The second-order valence-corrected chi connectivity index (χ2v) is 6.35. The Morgan fingerprint density at radius 1 is 1.32 bits per heavy atom. The van der Waals surface area contributed by atoms with Gasteiger partial charge < -0.3 is 10.6 Å². The second-order valence-electron chi connectivity index (χ2n) is 5.99. The fraction of sp³-hybridized carbons (Fsp3) is 0.562. The molecule has 0 aromatic carbocycles. The molecule has 0 aliphatic carbocycles. The summed E-state index contributed by atoms with van der Waals surface area (Å²) in [5.74, 6) is 0.182. The van der Waals surface area contributed by atoms with Gasteiger partial charge in [-0.05, 0) is 20.3 Å². The Kier molecular flexibility index (Phi) is 5.94. The average Bonchev–Trinajstić information content (AvgIpc) is 2.79. The second kappa shape index (κ2) is 7.77. The Hall–Kier alpha value is -2.22. The highest BCUT2D eigenvalue weighted by atomic mass is 35.5. The SMILES string of the molecule is CCCCn1c(N)c(N(CC)Cc2c(C)nn(C)c2Cl)c(=O)[nH]c1=O. The number of nitrogen functional groups attached to an aromatic ring is 1. The number of H-pyrrole nitrogens is 1. The van der Waals surface area contributed by atoms with E-state index in [1.165, 1.54) is 4.57 Å². The van der Waals surface area contributed by atoms with Crippen LogP contribution in [0.1, 0.15) is 37.9 Å². The predicted octanol–water partition coefficient (Wildman–Crippen LogP) is 1.64. The molecule has 0 radical (unpaired) electrons. The highest BCUT2D eigenvalue weighted by molar-refractivity contribution is 6.30. The van der Waals surface area contributed by atoms with Gasteiger partial charge in [-0.25, -0.2) is 4.79 Å². The molecule has 2 aromatic rings. The zero-order valence-electron chi connectivity index (χ0n) is 15.1. The molecule has 0 saturated carbocycles. The number of hydrogen-bond donors (Lipinski definition) is 2. The highest BCUT2D eigenvalue weighted by Crippen LogP contribution is 2.24. The maximum absolute atomic E-state index is 12.4. The minimum atomic E-state index is -0.491. The summed E-state index contributed by atoms with van der Waals surface area (Å²) >= 11 is 6.31. The van der Waals surface area contributed by atoms with Gasteiger partial charge in [-0.1, -0.05) is 24.9 Å². The first kappa shape index (κ1) is 19.1. The van der Waals surface area contributed by atoms with Gasteiger partial charge in [0, 0.05) is 32.2 Å². The van der Waals surface area contributed by atoms with Crippen LogP contribution >= 0.6 is 11.6 Å². The van der Waals surface area contributed by atoms with Crippen LogP contribution in [0.3, 0.4) is 0 Å². The molecule has 0 aliphatic heterocycles. The van der Waals surface area contributed by atoms with Crippen LogP contribution in [0.2, 0.25) is 5.15 Å². The third-order valence-electron chi connectivity index (χ3n) is 4.27. The van der Waals surface area contributed by atoms with Crippen molar-refractivity contribution in [3.05, 3.63) is 37.2 Å². The maximum atomic E-state index is 12.4. The Balaban J connectivity index is 2.50. The largest absolute Gasteiger partial charge is 0.383 e. The predicted molar refractivity (Wildman–Crippen MR) is 100 cm³/mol. The molecule has 0 saturated heterocycles. The number of hydrogen-bond acceptors (Lipinski definition) is 5. The quantitative estimate of drug-likeness (QED) is 0.773. The van der Waals surface area contributed by atoms with Crippen molar-refractivity contribution in [2.75, 3.05) is 17.2 Å². The van der Waals surface area contributed by atoms with Crippen molar-refractivity contribution in [3.8, 4) is 0 Å². The van der Waals surface area contributed by atoms with E-state index in [-0.39, 0.29) is 11.5 Å². The molecular weight excluding hydrogens is 344 g/mol. The molecule has 0 atom stereocenters. The number of anilines is 2. The molecule has 138 valence electrons. The fourth-order valence-electron chi connectivity index (χ4n) is 2.81. The molecule has 8 nitrogen and oxygen atoms in total. The van der Waals surface area contributed by atoms with E-state index < -0.39 is 11.2 Å². The monoisotopic (exact) mass is 368 g/mol. The molecule has 2 rings (SSSR count). The van der Waals surface area contributed by atoms with Gasteiger partial charge in [-0.3, -0.25) is 19.0 Å². The number of nitrogens with two attached hydrogens (primary N) is 1. The number of halogens is 1. The zero-order chi connectivity index (χ0) is 18.7. The van der Waals surface area contributed by atoms with Crippen molar-refractivity contribution >= 4 is 23.1 Å². The lowest BCUT2D eigenvalue weighted by atomic mass is 10.2. The molecule has 0 spiro atoms. The van der Waals surface area contributed by atoms with Crippen LogP contribution in [0, 0.1) is 6.92 Å². The smallest absolute Gasteiger partial charge is 0.330 e. The average molecular weight is 369 g/mol. The van der Waals surface area contributed by atoms with Crippen molar-refractivity contribution < 1.29 is 0 Å². The van der Waals surface area contributed by atoms with E-state index in [1.807, 2.05) is 25.7 Å². The summed E-state index contributed by atoms with van der Waals surface area (Å²) < 4.78 is 3.01. The Morgan fingerprint density at radius 3 is 2.52 bits per heavy atom. The Bertz CT molecular complexity index is 867. The molecule has 0 unspecified atom stereocenters. The topological polar surface area (TPSA) is 102 Å². The summed E-state index contributed by atoms with van der Waals surface area (Å²) in [4.78, 5) is 28.7. The third kappa shape index (κ3) is 3.73. The molecule has 0 bridgehead atoms. The Morgan fingerprint density at radius 2 is 2.00 bits per heavy atom. The summed E-state index contributed by atoms with van der Waals surface area (Å²) in [6.07, 6.45) is 1.72. The standard InChI is InChI=1S/C16H25ClN6O2/c1-5-7-8-23-14(18)12(15(24)19-16(23)25)22(6-2)9-11-10(3)20-21(4)13(11)17/h5-9,18H2,1-4H3,(H,19,24,25). The van der Waals surface area contributed by atoms with Gasteiger partial charge in [0.05, 0.1) is 5.69 Å². The number of nitrogens with zero attached hydrogens (tertiary/aromatic N) is 4. The van der Waals surface area contributed by atoms with Crippen LogP contribution in [0.4, 0.5) is 11.5 Å². The van der Waals surface area contributed by atoms with Crippen molar-refractivity contribution in [2.45, 2.75) is 46.7 Å². The molecule has 3 N–H and O–H groups in total. The van der Waals surface area contributed by atoms with Gasteiger partial charge in [-0.2, -0.15) is 5.10 Å². The first-order valence-electron chi connectivity index (χ1n) is 8.37. The van der Waals surface area contributed by atoms with Gasteiger partial charge in [0.15, 0.2) is 0 Å². The van der Waals surface area contributed by atoms with Gasteiger partial charge in [-0.15, -0.1) is 0 Å². The number of aromatic amines is 1. The van der Waals surface area contributed by atoms with E-state index in [0.717, 1.165) is 24.1 Å². The Labute approximate surface area is 151 Å². The zero-order valence-corrected chi connectivity index (χ0v) is 15.9. The minimum Gasteiger partial charge on any atom is -0.383 e. The van der Waals surface area contributed by atoms with Crippen LogP contribution in [-0.4, -0.2) is 25.9 Å². The fourth-order valence-corrected chi connectivity index (χ4v) is 3.05. The molecule has 25 heavy (non-hydrogen) atoms. The molecular formula is C16H25ClN6O2. The van der Waals surface area contributed by atoms with Crippen LogP contribution in [0.5, 0.6) is 0 Å². The maximum Gasteiger partial charge on any atom is 0.330 e. The summed E-state index contributed by atoms with van der Waals surface area (Å²) in [5, 5.41) is 4.81. The highest BCUT2D eigenvalue weighted by Gasteiger charge is 2.21. The number of aryl methyl sites for hydroxylation is 2. The van der Waals surface area contributed by atoms with Crippen molar-refractivity contribution in [1.82, 2.24) is 19.3 Å². The van der Waals surface area contributed by atoms with Gasteiger partial charge in [0.25, 0.3) is 5.56 Å². The van der Waals surface area contributed by atoms with Crippen LogP contribution in [-0.2, 0) is 20.1 Å². The van der Waals surface area contributed by atoms with E-state index >= 15 is 0 Å². The third-order valence-corrected chi connectivity index (χ3v) is 4.74. The van der Waals surface area contributed by atoms with Crippen molar-refractivity contribution in [1.29, 1.82) is 0 Å². The van der Waals surface area contributed by atoms with Crippen molar-refractivity contribution in [3.63, 3.8) is 0 Å². The number of unbranched alkanes of at least 4 members (excludes halogenated alkanes) is 1. The van der Waals surface area contributed by atoms with Crippen LogP contribution in [0.15, 0.2) is 9.59 Å². The number of aromatic nitrogens is 4. The minimum absolute atomic E-state index is 0.182. The van der Waals surface area contributed by atoms with E-state index in [4.69, 9.17) is 17.3 Å². The van der Waals surface area contributed by atoms with E-state index in [2.05, 4.69) is 10.1 Å². The molecule has 0 fully saturated rings. The summed E-state index contributed by atoms with van der Waals surface area (Å²) in [6, 6.07) is 0. The van der Waals surface area contributed by atoms with Crippen LogP contribution in [0.25, 0.3) is 0 Å². The summed E-state index contributed by atoms with van der Waals surface area (Å²) in [5.41, 5.74) is 7.12. The molecule has 0 amide bonds. The molecule has 2 aromatic heterocycles. The summed E-state index contributed by atoms with van der Waals surface area (Å²) in [6.45, 7) is 7.19. The van der Waals surface area contributed by atoms with Gasteiger partial charge in [0.2, 0.25) is 0 Å². The first-order chi connectivity index (χ1) is 11.8. The van der Waals surface area contributed by atoms with Crippen LogP contribution < -0.4 is 21.9 Å². The number of rotatable bonds is 7. The van der Waals surface area contributed by atoms with E-state index in [1.54, 1.807) is 11.7 Å². The normalized spacial score (nSPS) is 11.1. The van der Waals surface area contributed by atoms with Crippen molar-refractivity contribution in [2.24, 2.45) is 7.05 Å². The number of nitrogens with one attached hydrogen (secondary N) is 1. The molecule has 2 heterocycles. The van der Waals surface area contributed by atoms with Gasteiger partial charge in [0.1, 0.15) is 16.7 Å². The summed E-state index contributed by atoms with van der Waals surface area (Å²) in [7, 11) is 1.77. The lowest BCUT2D eigenvalue weighted by molar-refractivity contribution is 0.602. The molecule has 0 aliphatic rings. The van der Waals surface area contributed by atoms with E-state index in [9.17, 15) is 9.59 Å². The lowest BCUT2D eigenvalue weighted by Gasteiger charge is -2.24. The van der Waals surface area contributed by atoms with Gasteiger partial charge >= 0.3 is 5.69 Å². The first-order valence-corrected chi connectivity index (χ1v) is 8.75.